The molecule has 9 atom stereocenters. The number of fused-ring (bicyclic) bond motifs is 5. The lowest BCUT2D eigenvalue weighted by Crippen LogP contribution is -2.55. The van der Waals surface area contributed by atoms with Crippen LogP contribution in [0.25, 0.3) is 0 Å². The summed E-state index contributed by atoms with van der Waals surface area (Å²) in [5.74, 6) is 2.84. The van der Waals surface area contributed by atoms with Gasteiger partial charge in [-0.3, -0.25) is 4.79 Å². The second-order valence-corrected chi connectivity index (χ2v) is 18.7. The number of rotatable bonds is 4. The first-order valence-electron chi connectivity index (χ1n) is 13.2. The molecule has 0 N–H and O–H groups in total. The van der Waals surface area contributed by atoms with E-state index in [1.807, 2.05) is 0 Å². The lowest BCUT2D eigenvalue weighted by molar-refractivity contribution is -0.133. The van der Waals surface area contributed by atoms with Crippen LogP contribution in [0.2, 0.25) is 18.1 Å². The normalized spacial score (nSPS) is 45.2. The molecule has 3 fully saturated rings. The Kier molecular flexibility index (Phi) is 6.19. The summed E-state index contributed by atoms with van der Waals surface area (Å²) < 4.78 is 21.5. The first-order chi connectivity index (χ1) is 14.7. The predicted molar refractivity (Wildman–Crippen MR) is 133 cm³/mol. The monoisotopic (exact) mass is 462 g/mol. The van der Waals surface area contributed by atoms with Crippen LogP contribution in [0.5, 0.6) is 0 Å². The lowest BCUT2D eigenvalue weighted by Gasteiger charge is -2.59. The van der Waals surface area contributed by atoms with Gasteiger partial charge in [0.15, 0.2) is 20.3 Å². The van der Waals surface area contributed by atoms with Gasteiger partial charge in [0.25, 0.3) is 0 Å². The molecule has 3 unspecified atom stereocenters. The molecule has 182 valence electrons. The molecule has 4 aliphatic rings. The van der Waals surface area contributed by atoms with E-state index < -0.39 is 14.5 Å². The van der Waals surface area contributed by atoms with Crippen LogP contribution in [0, 0.1) is 46.3 Å². The highest BCUT2D eigenvalue weighted by Crippen LogP contribution is 2.67. The topological polar surface area (TPSA) is 26.3 Å². The SMILES string of the molecule is CC(CO[Si](C)(C)C(C)(C)C)[C@H]1CC[C@H]2[C@@H]3CCC4C(F)C(=O)C=C[C@]4(C)[C@H]3CC[C@]12C. The van der Waals surface area contributed by atoms with E-state index in [0.29, 0.717) is 23.2 Å². The predicted octanol–water partition coefficient (Wildman–Crippen LogP) is 7.60. The highest BCUT2D eigenvalue weighted by molar-refractivity contribution is 6.74. The number of ketones is 1. The molecule has 4 rings (SSSR count). The Balaban J connectivity index is 1.50. The van der Waals surface area contributed by atoms with Crippen LogP contribution in [-0.4, -0.2) is 26.9 Å². The van der Waals surface area contributed by atoms with Crippen molar-refractivity contribution in [3.63, 3.8) is 0 Å². The Hall–Kier alpha value is -0.483. The fourth-order valence-electron chi connectivity index (χ4n) is 8.33. The smallest absolute Gasteiger partial charge is 0.191 e. The van der Waals surface area contributed by atoms with Gasteiger partial charge in [0.2, 0.25) is 0 Å². The van der Waals surface area contributed by atoms with Crippen LogP contribution >= 0.6 is 0 Å². The zero-order valence-corrected chi connectivity index (χ0v) is 22.8. The molecular formula is C28H47FO2Si. The molecule has 0 saturated heterocycles. The van der Waals surface area contributed by atoms with Crippen molar-refractivity contribution in [3.05, 3.63) is 12.2 Å². The first kappa shape index (κ1) is 24.6. The third kappa shape index (κ3) is 3.70. The molecule has 0 aromatic heterocycles. The first-order valence-corrected chi connectivity index (χ1v) is 16.1. The Morgan fingerprint density at radius 1 is 1.09 bits per heavy atom. The van der Waals surface area contributed by atoms with E-state index in [0.717, 1.165) is 31.3 Å². The molecule has 0 amide bonds. The van der Waals surface area contributed by atoms with Gasteiger partial charge in [-0.05, 0) is 103 Å². The molecule has 0 radical (unpaired) electrons. The average molecular weight is 463 g/mol. The molecule has 3 saturated carbocycles. The third-order valence-corrected chi connectivity index (χ3v) is 15.9. The number of hydrogen-bond acceptors (Lipinski definition) is 2. The molecular weight excluding hydrogens is 415 g/mol. The maximum absolute atomic E-state index is 14.9. The van der Waals surface area contributed by atoms with Crippen molar-refractivity contribution in [1.29, 1.82) is 0 Å². The van der Waals surface area contributed by atoms with Gasteiger partial charge in [0.05, 0.1) is 0 Å². The minimum atomic E-state index is -1.73. The number of carbonyl (C=O) groups excluding carboxylic acids is 1. The zero-order valence-electron chi connectivity index (χ0n) is 21.8. The molecule has 4 aliphatic carbocycles. The van der Waals surface area contributed by atoms with Crippen LogP contribution in [0.1, 0.15) is 80.1 Å². The molecule has 0 aliphatic heterocycles. The fourth-order valence-corrected chi connectivity index (χ4v) is 9.44. The summed E-state index contributed by atoms with van der Waals surface area (Å²) in [6.07, 6.45) is 9.42. The second kappa shape index (κ2) is 8.04. The molecule has 0 bridgehead atoms. The molecule has 0 heterocycles. The standard InChI is InChI=1S/C28H47FO2Si/c1-18(17-31-32(7,8)26(2,3)4)20-11-12-21-19-9-10-23-25(29)24(30)14-16-28(23,6)22(19)13-15-27(20,21)5/h14,16,18-23,25H,9-13,15,17H2,1-8H3/t18?,19-,20+,21-,22-,23?,25?,27+,28+/m0/s1. The summed E-state index contributed by atoms with van der Waals surface area (Å²) in [7, 11) is -1.73. The van der Waals surface area contributed by atoms with Crippen LogP contribution < -0.4 is 0 Å². The van der Waals surface area contributed by atoms with Gasteiger partial charge in [-0.25, -0.2) is 4.39 Å². The summed E-state index contributed by atoms with van der Waals surface area (Å²) in [5, 5.41) is 0.254. The van der Waals surface area contributed by atoms with E-state index in [1.54, 1.807) is 6.08 Å². The minimum Gasteiger partial charge on any atom is -0.417 e. The summed E-state index contributed by atoms with van der Waals surface area (Å²) >= 11 is 0. The van der Waals surface area contributed by atoms with Crippen LogP contribution in [0.15, 0.2) is 12.2 Å². The highest BCUT2D eigenvalue weighted by atomic mass is 28.4. The Morgan fingerprint density at radius 3 is 2.41 bits per heavy atom. The van der Waals surface area contributed by atoms with Crippen molar-refractivity contribution >= 4 is 14.1 Å². The number of hydrogen-bond donors (Lipinski definition) is 0. The van der Waals surface area contributed by atoms with E-state index in [1.165, 1.54) is 25.7 Å². The van der Waals surface area contributed by atoms with E-state index >= 15 is 0 Å². The van der Waals surface area contributed by atoms with Crippen molar-refractivity contribution in [2.24, 2.45) is 46.3 Å². The summed E-state index contributed by atoms with van der Waals surface area (Å²) in [6, 6.07) is 0. The van der Waals surface area contributed by atoms with Gasteiger partial charge in [-0.1, -0.05) is 47.6 Å². The quantitative estimate of drug-likeness (QED) is 0.402. The van der Waals surface area contributed by atoms with Crippen molar-refractivity contribution in [3.8, 4) is 0 Å². The van der Waals surface area contributed by atoms with Crippen molar-refractivity contribution in [2.75, 3.05) is 6.61 Å². The van der Waals surface area contributed by atoms with E-state index in [-0.39, 0.29) is 22.2 Å². The largest absolute Gasteiger partial charge is 0.417 e. The molecule has 0 aromatic rings. The van der Waals surface area contributed by atoms with Gasteiger partial charge in [-0.2, -0.15) is 0 Å². The van der Waals surface area contributed by atoms with Crippen molar-refractivity contribution in [2.45, 2.75) is 104 Å². The van der Waals surface area contributed by atoms with E-state index in [4.69, 9.17) is 4.43 Å². The third-order valence-electron chi connectivity index (χ3n) is 11.4. The van der Waals surface area contributed by atoms with Gasteiger partial charge in [-0.15, -0.1) is 0 Å². The number of carbonyl (C=O) groups is 1. The molecule has 0 spiro atoms. The van der Waals surface area contributed by atoms with Gasteiger partial charge in [0, 0.05) is 12.5 Å². The second-order valence-electron chi connectivity index (χ2n) is 13.8. The van der Waals surface area contributed by atoms with E-state index in [9.17, 15) is 9.18 Å². The molecule has 0 aromatic carbocycles. The molecule has 32 heavy (non-hydrogen) atoms. The maximum atomic E-state index is 14.9. The van der Waals surface area contributed by atoms with Gasteiger partial charge in [0.1, 0.15) is 0 Å². The fraction of sp³-hybridized carbons (Fsp3) is 0.893. The van der Waals surface area contributed by atoms with Crippen LogP contribution in [-0.2, 0) is 9.22 Å². The van der Waals surface area contributed by atoms with Crippen LogP contribution in [0.3, 0.4) is 0 Å². The van der Waals surface area contributed by atoms with Crippen molar-refractivity contribution < 1.29 is 13.6 Å². The lowest BCUT2D eigenvalue weighted by atomic mass is 9.45. The molecule has 2 nitrogen and oxygen atoms in total. The summed E-state index contributed by atoms with van der Waals surface area (Å²) in [4.78, 5) is 12.0. The Labute approximate surface area is 197 Å². The number of alkyl halides is 1. The minimum absolute atomic E-state index is 0.111. The highest BCUT2D eigenvalue weighted by Gasteiger charge is 2.61. The zero-order chi connectivity index (χ0) is 23.7. The Morgan fingerprint density at radius 2 is 1.75 bits per heavy atom. The average Bonchev–Trinajstić information content (AvgIpc) is 3.06. The maximum Gasteiger partial charge on any atom is 0.191 e. The van der Waals surface area contributed by atoms with Crippen LogP contribution in [0.4, 0.5) is 4.39 Å². The summed E-state index contributed by atoms with van der Waals surface area (Å²) in [5.41, 5.74) is 0.233. The van der Waals surface area contributed by atoms with Gasteiger partial charge >= 0.3 is 0 Å². The van der Waals surface area contributed by atoms with Crippen molar-refractivity contribution in [1.82, 2.24) is 0 Å². The number of halogens is 1. The van der Waals surface area contributed by atoms with E-state index in [2.05, 4.69) is 60.7 Å². The molecule has 4 heteroatoms. The van der Waals surface area contributed by atoms with Gasteiger partial charge < -0.3 is 4.43 Å². The summed E-state index contributed by atoms with van der Waals surface area (Å²) in [6.45, 7) is 19.9. The number of allylic oxidation sites excluding steroid dienone is 2. The Bertz CT molecular complexity index is 770.